The molecule has 0 aliphatic heterocycles. The highest BCUT2D eigenvalue weighted by molar-refractivity contribution is 5.44. The summed E-state index contributed by atoms with van der Waals surface area (Å²) < 4.78 is 0. The summed E-state index contributed by atoms with van der Waals surface area (Å²) >= 11 is 0. The van der Waals surface area contributed by atoms with Gasteiger partial charge >= 0.3 is 0 Å². The lowest BCUT2D eigenvalue weighted by Gasteiger charge is -2.29. The first kappa shape index (κ1) is 10.9. The van der Waals surface area contributed by atoms with Crippen LogP contribution in [0.1, 0.15) is 6.42 Å². The first-order chi connectivity index (χ1) is 8.20. The Labute approximate surface area is 99.3 Å². The van der Waals surface area contributed by atoms with Crippen molar-refractivity contribution in [3.8, 4) is 24.3 Å². The van der Waals surface area contributed by atoms with Crippen LogP contribution in [0.15, 0.2) is 24.3 Å². The van der Waals surface area contributed by atoms with Crippen molar-refractivity contribution in [2.45, 2.75) is 6.42 Å². The molecule has 1 saturated carbocycles. The minimum atomic E-state index is -1.57. The zero-order chi connectivity index (χ0) is 12.5. The predicted octanol–water partition coefficient (Wildman–Crippen LogP) is 1.82. The molecule has 0 N–H and O–H groups in total. The molecule has 2 bridgehead atoms. The maximum atomic E-state index is 9.32. The largest absolute Gasteiger partial charge is 0.196 e. The van der Waals surface area contributed by atoms with Gasteiger partial charge in [-0.25, -0.2) is 0 Å². The van der Waals surface area contributed by atoms with Gasteiger partial charge in [-0.05, 0) is 6.42 Å². The summed E-state index contributed by atoms with van der Waals surface area (Å²) in [5, 5.41) is 37.3. The van der Waals surface area contributed by atoms with Gasteiger partial charge in [-0.2, -0.15) is 21.0 Å². The molecule has 0 aromatic heterocycles. The number of hydrogen-bond donors (Lipinski definition) is 0. The second-order valence-corrected chi connectivity index (χ2v) is 4.28. The van der Waals surface area contributed by atoms with Crippen LogP contribution in [0.5, 0.6) is 0 Å². The minimum Gasteiger partial charge on any atom is -0.196 e. The molecule has 2 aliphatic carbocycles. The fourth-order valence-electron chi connectivity index (χ4n) is 2.79. The SMILES string of the molecule is N#CC1(C#N)C2C=CC=CC(C2)C1(C#N)C#N. The maximum Gasteiger partial charge on any atom is 0.182 e. The second-order valence-electron chi connectivity index (χ2n) is 4.28. The van der Waals surface area contributed by atoms with Gasteiger partial charge in [0.15, 0.2) is 10.8 Å². The predicted molar refractivity (Wildman–Crippen MR) is 57.2 cm³/mol. The van der Waals surface area contributed by atoms with Gasteiger partial charge in [0, 0.05) is 11.8 Å². The van der Waals surface area contributed by atoms with Gasteiger partial charge in [0.1, 0.15) is 0 Å². The standard InChI is InChI=1S/C13H8N4/c14-6-12(7-15)10-3-1-2-4-11(5-10)13(12,8-16)9-17/h1-4,10-11H,5H2. The number of allylic oxidation sites excluding steroid dienone is 4. The molecule has 2 atom stereocenters. The highest BCUT2D eigenvalue weighted by Crippen LogP contribution is 2.60. The van der Waals surface area contributed by atoms with Crippen molar-refractivity contribution in [1.82, 2.24) is 0 Å². The van der Waals surface area contributed by atoms with E-state index in [0.717, 1.165) is 0 Å². The molecule has 0 radical (unpaired) electrons. The van der Waals surface area contributed by atoms with E-state index in [1.807, 2.05) is 24.3 Å². The normalized spacial score (nSPS) is 30.4. The average molecular weight is 220 g/mol. The molecule has 0 spiro atoms. The van der Waals surface area contributed by atoms with Crippen LogP contribution in [0.25, 0.3) is 0 Å². The van der Waals surface area contributed by atoms with Crippen molar-refractivity contribution in [3.63, 3.8) is 0 Å². The molecule has 0 aromatic rings. The number of rotatable bonds is 0. The summed E-state index contributed by atoms with van der Waals surface area (Å²) in [6.07, 6.45) is 7.54. The molecule has 17 heavy (non-hydrogen) atoms. The van der Waals surface area contributed by atoms with Crippen LogP contribution in [-0.4, -0.2) is 0 Å². The van der Waals surface area contributed by atoms with E-state index in [4.69, 9.17) is 0 Å². The van der Waals surface area contributed by atoms with Gasteiger partial charge in [0.05, 0.1) is 24.3 Å². The Balaban J connectivity index is 2.75. The van der Waals surface area contributed by atoms with Crippen LogP contribution in [0.2, 0.25) is 0 Å². The van der Waals surface area contributed by atoms with Crippen LogP contribution >= 0.6 is 0 Å². The van der Waals surface area contributed by atoms with Gasteiger partial charge in [-0.3, -0.25) is 0 Å². The van der Waals surface area contributed by atoms with Crippen LogP contribution in [0, 0.1) is 68.0 Å². The third kappa shape index (κ3) is 1.02. The number of fused-ring (bicyclic) bond motifs is 2. The lowest BCUT2D eigenvalue weighted by atomic mass is 9.62. The average Bonchev–Trinajstić information content (AvgIpc) is 2.49. The molecule has 0 saturated heterocycles. The zero-order valence-electron chi connectivity index (χ0n) is 8.96. The third-order valence-corrected chi connectivity index (χ3v) is 3.75. The number of nitriles is 4. The summed E-state index contributed by atoms with van der Waals surface area (Å²) in [7, 11) is 0. The Morgan fingerprint density at radius 1 is 0.765 bits per heavy atom. The van der Waals surface area contributed by atoms with E-state index in [-0.39, 0.29) is 11.8 Å². The molecule has 2 rings (SSSR count). The first-order valence-corrected chi connectivity index (χ1v) is 5.20. The van der Waals surface area contributed by atoms with Crippen molar-refractivity contribution in [2.24, 2.45) is 22.7 Å². The first-order valence-electron chi connectivity index (χ1n) is 5.20. The maximum absolute atomic E-state index is 9.32. The van der Waals surface area contributed by atoms with E-state index < -0.39 is 10.8 Å². The van der Waals surface area contributed by atoms with Crippen molar-refractivity contribution in [1.29, 1.82) is 21.0 Å². The summed E-state index contributed by atoms with van der Waals surface area (Å²) in [5.41, 5.74) is -3.13. The Morgan fingerprint density at radius 2 is 1.12 bits per heavy atom. The molecular weight excluding hydrogens is 212 g/mol. The molecule has 1 fully saturated rings. The van der Waals surface area contributed by atoms with Gasteiger partial charge in [-0.15, -0.1) is 0 Å². The minimum absolute atomic E-state index is 0.364. The van der Waals surface area contributed by atoms with E-state index >= 15 is 0 Å². The summed E-state index contributed by atoms with van der Waals surface area (Å²) in [6, 6.07) is 7.71. The summed E-state index contributed by atoms with van der Waals surface area (Å²) in [4.78, 5) is 0. The van der Waals surface area contributed by atoms with Gasteiger partial charge in [-0.1, -0.05) is 24.3 Å². The van der Waals surface area contributed by atoms with E-state index in [2.05, 4.69) is 0 Å². The van der Waals surface area contributed by atoms with E-state index in [0.29, 0.717) is 6.42 Å². The Kier molecular flexibility index (Phi) is 2.24. The molecule has 0 amide bonds. The van der Waals surface area contributed by atoms with E-state index in [9.17, 15) is 21.0 Å². The van der Waals surface area contributed by atoms with Gasteiger partial charge in [0.25, 0.3) is 0 Å². The molecular formula is C13H8N4. The topological polar surface area (TPSA) is 95.2 Å². The number of hydrogen-bond acceptors (Lipinski definition) is 4. The fourth-order valence-corrected chi connectivity index (χ4v) is 2.79. The van der Waals surface area contributed by atoms with Crippen LogP contribution < -0.4 is 0 Å². The Morgan fingerprint density at radius 3 is 1.41 bits per heavy atom. The summed E-state index contributed by atoms with van der Waals surface area (Å²) in [6.45, 7) is 0. The third-order valence-electron chi connectivity index (χ3n) is 3.75. The van der Waals surface area contributed by atoms with Gasteiger partial charge in [0.2, 0.25) is 0 Å². The van der Waals surface area contributed by atoms with Crippen molar-refractivity contribution < 1.29 is 0 Å². The highest BCUT2D eigenvalue weighted by Gasteiger charge is 2.67. The molecule has 2 unspecified atom stereocenters. The van der Waals surface area contributed by atoms with Crippen LogP contribution in [-0.2, 0) is 0 Å². The molecule has 4 nitrogen and oxygen atoms in total. The van der Waals surface area contributed by atoms with Crippen molar-refractivity contribution >= 4 is 0 Å². The number of nitrogens with zero attached hydrogens (tertiary/aromatic N) is 4. The zero-order valence-corrected chi connectivity index (χ0v) is 8.96. The molecule has 0 aromatic carbocycles. The fraction of sp³-hybridized carbons (Fsp3) is 0.385. The molecule has 2 aliphatic rings. The Bertz CT molecular complexity index is 491. The van der Waals surface area contributed by atoms with Crippen LogP contribution in [0.4, 0.5) is 0 Å². The quantitative estimate of drug-likeness (QED) is 0.622. The molecule has 0 heterocycles. The molecule has 4 heteroatoms. The Hall–Kier alpha value is -2.56. The van der Waals surface area contributed by atoms with E-state index in [1.165, 1.54) is 0 Å². The van der Waals surface area contributed by atoms with Gasteiger partial charge < -0.3 is 0 Å². The van der Waals surface area contributed by atoms with Crippen molar-refractivity contribution in [3.05, 3.63) is 24.3 Å². The lowest BCUT2D eigenvalue weighted by Crippen LogP contribution is -2.40. The van der Waals surface area contributed by atoms with Crippen molar-refractivity contribution in [2.75, 3.05) is 0 Å². The second kappa shape index (κ2) is 3.48. The smallest absolute Gasteiger partial charge is 0.182 e. The van der Waals surface area contributed by atoms with E-state index in [1.54, 1.807) is 24.3 Å². The highest BCUT2D eigenvalue weighted by atomic mass is 14.7. The van der Waals surface area contributed by atoms with Crippen LogP contribution in [0.3, 0.4) is 0 Å². The molecule has 80 valence electrons. The monoisotopic (exact) mass is 220 g/mol. The lowest BCUT2D eigenvalue weighted by molar-refractivity contribution is 0.289. The summed E-state index contributed by atoms with van der Waals surface area (Å²) in [5.74, 6) is -0.728.